The second-order valence-electron chi connectivity index (χ2n) is 9.85. The molecule has 5 aliphatic heterocycles. The van der Waals surface area contributed by atoms with Gasteiger partial charge in [-0.05, 0) is 73.5 Å². The monoisotopic (exact) mass is 445 g/mol. The van der Waals surface area contributed by atoms with Crippen molar-refractivity contribution >= 4 is 17.7 Å². The zero-order valence-corrected chi connectivity index (χ0v) is 19.0. The molecule has 0 aromatic heterocycles. The van der Waals surface area contributed by atoms with Gasteiger partial charge in [-0.25, -0.2) is 4.79 Å². The van der Waals surface area contributed by atoms with E-state index in [2.05, 4.69) is 35.2 Å². The minimum Gasteiger partial charge on any atom is -0.444 e. The molecule has 33 heavy (non-hydrogen) atoms. The number of benzene rings is 2. The number of piperidine rings is 3. The molecule has 5 heterocycles. The van der Waals surface area contributed by atoms with E-state index in [1.54, 1.807) is 0 Å². The van der Waals surface area contributed by atoms with Gasteiger partial charge in [-0.15, -0.1) is 0 Å². The lowest BCUT2D eigenvalue weighted by Crippen LogP contribution is -2.53. The van der Waals surface area contributed by atoms with Crippen molar-refractivity contribution in [2.45, 2.75) is 44.2 Å². The van der Waals surface area contributed by atoms with Gasteiger partial charge >= 0.3 is 6.09 Å². The maximum Gasteiger partial charge on any atom is 0.410 e. The highest BCUT2D eigenvalue weighted by atomic mass is 16.6. The van der Waals surface area contributed by atoms with Gasteiger partial charge in [-0.2, -0.15) is 0 Å². The van der Waals surface area contributed by atoms with Crippen molar-refractivity contribution < 1.29 is 14.3 Å². The fourth-order valence-corrected chi connectivity index (χ4v) is 6.12. The van der Waals surface area contributed by atoms with E-state index in [0.29, 0.717) is 18.9 Å². The van der Waals surface area contributed by atoms with E-state index < -0.39 is 0 Å². The van der Waals surface area contributed by atoms with Crippen molar-refractivity contribution in [2.24, 2.45) is 5.92 Å². The lowest BCUT2D eigenvalue weighted by Gasteiger charge is -2.45. The predicted octanol–water partition coefficient (Wildman–Crippen LogP) is 3.99. The molecule has 6 nitrogen and oxygen atoms in total. The molecule has 4 fully saturated rings. The van der Waals surface area contributed by atoms with Crippen molar-refractivity contribution in [3.8, 4) is 0 Å². The van der Waals surface area contributed by atoms with Crippen LogP contribution < -0.4 is 4.90 Å². The van der Waals surface area contributed by atoms with Gasteiger partial charge in [0, 0.05) is 31.7 Å². The van der Waals surface area contributed by atoms with E-state index in [4.69, 9.17) is 4.74 Å². The van der Waals surface area contributed by atoms with Crippen LogP contribution in [0.4, 0.5) is 10.5 Å². The van der Waals surface area contributed by atoms with Gasteiger partial charge in [-0.3, -0.25) is 14.6 Å². The van der Waals surface area contributed by atoms with Crippen molar-refractivity contribution in [1.82, 2.24) is 9.80 Å². The largest absolute Gasteiger partial charge is 0.444 e. The first-order valence-electron chi connectivity index (χ1n) is 12.3. The summed E-state index contributed by atoms with van der Waals surface area (Å²) in [6.45, 7) is 4.55. The van der Waals surface area contributed by atoms with Crippen LogP contribution in [0.15, 0.2) is 48.5 Å². The SMILES string of the molecule is O=C1CCCN1c1ccc([C@H]2c3ccccc3CCN2C(=O)O[C@@H]2CN3CCC2CC3)cc1. The van der Waals surface area contributed by atoms with Gasteiger partial charge in [0.15, 0.2) is 0 Å². The molecule has 0 spiro atoms. The number of fused-ring (bicyclic) bond motifs is 4. The highest BCUT2D eigenvalue weighted by Gasteiger charge is 2.39. The molecule has 2 amide bonds. The van der Waals surface area contributed by atoms with Crippen LogP contribution in [0, 0.1) is 5.92 Å². The molecule has 0 N–H and O–H groups in total. The molecule has 2 aromatic rings. The number of hydrogen-bond acceptors (Lipinski definition) is 4. The van der Waals surface area contributed by atoms with Crippen LogP contribution in [-0.2, 0) is 16.0 Å². The summed E-state index contributed by atoms with van der Waals surface area (Å²) < 4.78 is 6.14. The van der Waals surface area contributed by atoms with Crippen molar-refractivity contribution in [1.29, 1.82) is 0 Å². The van der Waals surface area contributed by atoms with E-state index in [1.807, 2.05) is 28.0 Å². The molecular weight excluding hydrogens is 414 g/mol. The Kier molecular flexibility index (Phi) is 5.33. The Morgan fingerprint density at radius 2 is 1.70 bits per heavy atom. The fourth-order valence-electron chi connectivity index (χ4n) is 6.12. The van der Waals surface area contributed by atoms with Gasteiger partial charge in [-0.1, -0.05) is 36.4 Å². The Balaban J connectivity index is 1.28. The smallest absolute Gasteiger partial charge is 0.410 e. The first kappa shape index (κ1) is 20.7. The second-order valence-corrected chi connectivity index (χ2v) is 9.85. The van der Waals surface area contributed by atoms with Crippen molar-refractivity contribution in [3.05, 3.63) is 65.2 Å². The molecule has 2 aromatic carbocycles. The minimum absolute atomic E-state index is 0.00127. The quantitative estimate of drug-likeness (QED) is 0.717. The molecule has 2 bridgehead atoms. The molecule has 0 radical (unpaired) electrons. The molecule has 0 saturated carbocycles. The number of hydrogen-bond donors (Lipinski definition) is 0. The van der Waals surface area contributed by atoms with Gasteiger partial charge in [0.05, 0.1) is 6.04 Å². The number of amides is 2. The van der Waals surface area contributed by atoms with Gasteiger partial charge in [0.25, 0.3) is 0 Å². The zero-order valence-electron chi connectivity index (χ0n) is 19.0. The Morgan fingerprint density at radius 1 is 0.909 bits per heavy atom. The first-order valence-corrected chi connectivity index (χ1v) is 12.3. The molecule has 6 heteroatoms. The topological polar surface area (TPSA) is 53.1 Å². The van der Waals surface area contributed by atoms with E-state index in [-0.39, 0.29) is 24.1 Å². The van der Waals surface area contributed by atoms with Crippen LogP contribution in [0.2, 0.25) is 0 Å². The average molecular weight is 446 g/mol. The Hall–Kier alpha value is -2.86. The van der Waals surface area contributed by atoms with E-state index in [9.17, 15) is 9.59 Å². The van der Waals surface area contributed by atoms with Crippen LogP contribution in [0.3, 0.4) is 0 Å². The summed E-state index contributed by atoms with van der Waals surface area (Å²) in [6, 6.07) is 16.4. The summed E-state index contributed by atoms with van der Waals surface area (Å²) in [5.74, 6) is 0.681. The van der Waals surface area contributed by atoms with E-state index in [1.165, 1.54) is 11.1 Å². The first-order chi connectivity index (χ1) is 16.2. The van der Waals surface area contributed by atoms with Crippen molar-refractivity contribution in [2.75, 3.05) is 37.6 Å². The van der Waals surface area contributed by atoms with Crippen LogP contribution in [0.5, 0.6) is 0 Å². The van der Waals surface area contributed by atoms with Gasteiger partial charge < -0.3 is 9.64 Å². The maximum absolute atomic E-state index is 13.5. The number of carbonyl (C=O) groups excluding carboxylic acids is 2. The molecule has 0 unspecified atom stereocenters. The molecular formula is C27H31N3O3. The van der Waals surface area contributed by atoms with Crippen molar-refractivity contribution in [3.63, 3.8) is 0 Å². The number of nitrogens with zero attached hydrogens (tertiary/aromatic N) is 3. The second kappa shape index (κ2) is 8.49. The number of carbonyl (C=O) groups is 2. The Labute approximate surface area is 195 Å². The summed E-state index contributed by atoms with van der Waals surface area (Å²) in [7, 11) is 0. The summed E-state index contributed by atoms with van der Waals surface area (Å²) in [5, 5.41) is 0. The van der Waals surface area contributed by atoms with Crippen LogP contribution in [0.25, 0.3) is 0 Å². The molecule has 7 rings (SSSR count). The fraction of sp³-hybridized carbons (Fsp3) is 0.481. The van der Waals surface area contributed by atoms with Crippen LogP contribution in [-0.4, -0.2) is 60.6 Å². The Bertz CT molecular complexity index is 1040. The molecule has 4 saturated heterocycles. The van der Waals surface area contributed by atoms with Gasteiger partial charge in [0.2, 0.25) is 5.91 Å². The normalized spacial score (nSPS) is 28.7. The lowest BCUT2D eigenvalue weighted by molar-refractivity contribution is -0.117. The highest BCUT2D eigenvalue weighted by Crippen LogP contribution is 2.38. The third-order valence-electron chi connectivity index (χ3n) is 7.96. The molecule has 2 atom stereocenters. The van der Waals surface area contributed by atoms with E-state index in [0.717, 1.165) is 63.1 Å². The van der Waals surface area contributed by atoms with Gasteiger partial charge in [0.1, 0.15) is 6.10 Å². The third kappa shape index (κ3) is 3.80. The number of anilines is 1. The third-order valence-corrected chi connectivity index (χ3v) is 7.96. The molecule has 0 aliphatic carbocycles. The zero-order chi connectivity index (χ0) is 22.4. The summed E-state index contributed by atoms with van der Waals surface area (Å²) in [4.78, 5) is 31.8. The summed E-state index contributed by atoms with van der Waals surface area (Å²) in [6.07, 6.45) is 4.42. The predicted molar refractivity (Wildman–Crippen MR) is 126 cm³/mol. The maximum atomic E-state index is 13.5. The standard InChI is InChI=1S/C27H31N3O3/c31-25-6-3-14-29(25)22-9-7-21(8-10-22)26-23-5-2-1-4-19(23)13-17-30(26)27(32)33-24-18-28-15-11-20(24)12-16-28/h1-2,4-5,7-10,20,24,26H,3,6,11-18H2/t24-,26+/m1/s1. The highest BCUT2D eigenvalue weighted by molar-refractivity contribution is 5.95. The van der Waals surface area contributed by atoms with E-state index >= 15 is 0 Å². The minimum atomic E-state index is -0.202. The molecule has 172 valence electrons. The summed E-state index contributed by atoms with van der Waals surface area (Å²) >= 11 is 0. The van der Waals surface area contributed by atoms with Crippen LogP contribution in [0.1, 0.15) is 48.4 Å². The number of rotatable bonds is 3. The number of ether oxygens (including phenoxy) is 1. The Morgan fingerprint density at radius 3 is 2.39 bits per heavy atom. The molecule has 5 aliphatic rings. The average Bonchev–Trinajstić information content (AvgIpc) is 3.30. The van der Waals surface area contributed by atoms with Crippen LogP contribution >= 0.6 is 0 Å². The summed E-state index contributed by atoms with van der Waals surface area (Å²) in [5.41, 5.74) is 4.45. The lowest BCUT2D eigenvalue weighted by atomic mass is 9.86.